The molecule has 7 N–H and O–H groups in total. The van der Waals surface area contributed by atoms with E-state index in [1.54, 1.807) is 58.0 Å². The third-order valence-corrected chi connectivity index (χ3v) is 20.1. The maximum Gasteiger partial charge on any atom is 0.357 e. The number of hydrogen-bond acceptors (Lipinski definition) is 17. The van der Waals surface area contributed by atoms with Crippen LogP contribution >= 0.6 is 11.6 Å². The van der Waals surface area contributed by atoms with E-state index in [2.05, 4.69) is 21.4 Å². The van der Waals surface area contributed by atoms with Gasteiger partial charge in [0.25, 0.3) is 5.91 Å². The number of aliphatic hydroxyl groups is 3. The first-order valence-electron chi connectivity index (χ1n) is 28.8. The van der Waals surface area contributed by atoms with Crippen LogP contribution in [-0.2, 0) is 52.3 Å². The molecule has 0 radical (unpaired) electrons. The number of nitrogens with two attached hydrogens (primary N) is 1. The van der Waals surface area contributed by atoms with E-state index >= 15 is 0 Å². The smallest absolute Gasteiger partial charge is 0.357 e. The van der Waals surface area contributed by atoms with Crippen molar-refractivity contribution in [1.82, 2.24) is 5.32 Å². The Hall–Kier alpha value is -4.67. The number of aliphatic hydroxyl groups excluding tert-OH is 2. The molecule has 20 heteroatoms. The molecule has 21 atom stereocenters. The van der Waals surface area contributed by atoms with Gasteiger partial charge in [-0.25, -0.2) is 19.6 Å². The molecule has 11 rings (SSSR count). The highest BCUT2D eigenvalue weighted by Crippen LogP contribution is 2.59. The van der Waals surface area contributed by atoms with E-state index in [1.165, 1.54) is 0 Å². The lowest BCUT2D eigenvalue weighted by Crippen LogP contribution is -2.60. The molecule has 4 saturated heterocycles. The molecule has 21 unspecified atom stereocenters. The van der Waals surface area contributed by atoms with Gasteiger partial charge in [0.1, 0.15) is 29.1 Å². The topological polar surface area (TPSA) is 277 Å². The fourth-order valence-electron chi connectivity index (χ4n) is 15.5. The van der Waals surface area contributed by atoms with Crippen molar-refractivity contribution < 1.29 is 72.8 Å². The Kier molecular flexibility index (Phi) is 15.1. The summed E-state index contributed by atoms with van der Waals surface area (Å²) in [6, 6.07) is 4.66. The Morgan fingerprint density at radius 2 is 1.62 bits per heavy atom. The second kappa shape index (κ2) is 21.2. The number of aliphatic imine (C=N–C) groups is 2. The van der Waals surface area contributed by atoms with Crippen LogP contribution in [0.5, 0.6) is 0 Å². The van der Waals surface area contributed by atoms with E-state index in [0.717, 1.165) is 17.7 Å². The molecule has 1 aromatic rings. The Bertz CT molecular complexity index is 2900. The van der Waals surface area contributed by atoms with Crippen molar-refractivity contribution in [3.8, 4) is 0 Å². The number of carbonyl (C=O) groups is 4. The normalized spacial score (nSPS) is 44.2. The summed E-state index contributed by atoms with van der Waals surface area (Å²) in [5.41, 5.74) is 3.48. The molecule has 1 spiro atoms. The minimum Gasteiger partial charge on any atom is -0.511 e. The summed E-state index contributed by atoms with van der Waals surface area (Å²) in [6.45, 7) is 14.6. The third-order valence-electron chi connectivity index (χ3n) is 19.8. The number of amides is 1. The zero-order valence-corrected chi connectivity index (χ0v) is 47.5. The van der Waals surface area contributed by atoms with E-state index < -0.39 is 125 Å². The molecule has 6 aliphatic heterocycles. The van der Waals surface area contributed by atoms with Gasteiger partial charge < -0.3 is 64.6 Å². The minimum absolute atomic E-state index is 0.0335. The molecular formula is C60H77ClN4O15. The lowest BCUT2D eigenvalue weighted by molar-refractivity contribution is -0.339. The Labute approximate surface area is 471 Å². The fraction of sp³-hybridized carbons (Fsp3) is 0.667. The number of carboxylic acid groups (broad SMARTS) is 1. The molecule has 10 aliphatic rings. The molecule has 1 saturated carbocycles. The summed E-state index contributed by atoms with van der Waals surface area (Å²) < 4.78 is 44.9. The number of fused-ring (bicyclic) bond motifs is 8. The van der Waals surface area contributed by atoms with Gasteiger partial charge in [-0.05, 0) is 114 Å². The lowest BCUT2D eigenvalue weighted by atomic mass is 9.52. The van der Waals surface area contributed by atoms with Crippen LogP contribution < -0.4 is 11.1 Å². The SMILES string of the molecule is CCC1CC2(C)C=C(C(=O)O)C(C)C3(C2)NC(=O)C(=C(O)C2(C)C(C=CC4C(OC5CCC(OC6CC(C)(O)C(OC7CC(OC(=O)C8=NC9=Nc%10ccc(Cl)cc%10C9=C8)C(N)C(C)O7)C(C)O6)C(C)O5)CCCC42)CC1O)C3=O. The number of nitrogens with one attached hydrogen (secondary N) is 1. The van der Waals surface area contributed by atoms with Crippen LogP contribution in [0.1, 0.15) is 132 Å². The summed E-state index contributed by atoms with van der Waals surface area (Å²) in [5.74, 6) is -5.14. The molecule has 5 fully saturated rings. The van der Waals surface area contributed by atoms with Crippen LogP contribution in [0.3, 0.4) is 0 Å². The van der Waals surface area contributed by atoms with Gasteiger partial charge in [-0.1, -0.05) is 70.4 Å². The predicted octanol–water partition coefficient (Wildman–Crippen LogP) is 7.26. The van der Waals surface area contributed by atoms with Gasteiger partial charge in [-0.2, -0.15) is 0 Å². The van der Waals surface area contributed by atoms with Crippen LogP contribution in [0.2, 0.25) is 5.02 Å². The van der Waals surface area contributed by atoms with E-state index in [4.69, 9.17) is 50.5 Å². The minimum atomic E-state index is -1.59. The number of halogens is 1. The first-order valence-corrected chi connectivity index (χ1v) is 29.1. The van der Waals surface area contributed by atoms with Crippen molar-refractivity contribution in [3.05, 3.63) is 70.0 Å². The largest absolute Gasteiger partial charge is 0.511 e. The van der Waals surface area contributed by atoms with Crippen LogP contribution in [0, 0.1) is 40.4 Å². The maximum absolute atomic E-state index is 15.0. The number of Topliss-reactive ketones (excluding diaryl/α,β-unsaturated/α-hetero) is 1. The summed E-state index contributed by atoms with van der Waals surface area (Å²) in [7, 11) is 0. The standard InChI is InChI=1S/C60H77ClN4O15/c1-9-31-23-57(6)24-37(55(70)71)27(2)60(26-57)51(68)48(54(69)65-60)50(67)59(8)32(19-41(31)66)13-15-34-38(59)11-10-12-43(34)78-45-18-17-42(28(3)74-45)77-47-25-58(7,73)52(30(5)76-47)80-46-22-44(49(62)29(4)75-46)79-56(72)40-21-36-35-20-33(61)14-16-39(35)63-53(36)64-40/h13-16,20-21,24,27-32,34,38,41-47,49,52,66-67,73H,9-12,17-19,22-23,25-26,62H2,1-8H3,(H,65,69)(H,70,71). The van der Waals surface area contributed by atoms with Gasteiger partial charge in [0, 0.05) is 58.2 Å². The van der Waals surface area contributed by atoms with E-state index in [-0.39, 0.29) is 72.2 Å². The number of benzene rings is 1. The second-order valence-electron chi connectivity index (χ2n) is 25.3. The first kappa shape index (κ1) is 57.2. The monoisotopic (exact) mass is 1130 g/mol. The molecule has 434 valence electrons. The summed E-state index contributed by atoms with van der Waals surface area (Å²) >= 11 is 6.23. The van der Waals surface area contributed by atoms with Crippen molar-refractivity contribution in [2.75, 3.05) is 0 Å². The van der Waals surface area contributed by atoms with E-state index in [0.29, 0.717) is 55.0 Å². The Balaban J connectivity index is 0.725. The quantitative estimate of drug-likeness (QED) is 0.0764. The Morgan fingerprint density at radius 1 is 0.887 bits per heavy atom. The summed E-state index contributed by atoms with van der Waals surface area (Å²) in [6.07, 6.45) is 5.07. The fourth-order valence-corrected chi connectivity index (χ4v) is 15.6. The van der Waals surface area contributed by atoms with Gasteiger partial charge in [0.2, 0.25) is 0 Å². The number of ether oxygens (including phenoxy) is 7. The van der Waals surface area contributed by atoms with E-state index in [9.17, 15) is 39.6 Å². The lowest BCUT2D eigenvalue weighted by Gasteiger charge is -2.53. The zero-order chi connectivity index (χ0) is 57.1. The molecular weight excluding hydrogens is 1050 g/mol. The van der Waals surface area contributed by atoms with Crippen molar-refractivity contribution >= 4 is 58.0 Å². The van der Waals surface area contributed by atoms with Crippen LogP contribution in [0.25, 0.3) is 5.57 Å². The van der Waals surface area contributed by atoms with Crippen LogP contribution in [0.4, 0.5) is 5.69 Å². The molecule has 19 nitrogen and oxygen atoms in total. The van der Waals surface area contributed by atoms with Gasteiger partial charge in [-0.15, -0.1) is 0 Å². The van der Waals surface area contributed by atoms with Gasteiger partial charge in [-0.3, -0.25) is 9.59 Å². The maximum atomic E-state index is 15.0. The average molecular weight is 1130 g/mol. The third kappa shape index (κ3) is 9.95. The second-order valence-corrected chi connectivity index (χ2v) is 25.7. The zero-order valence-electron chi connectivity index (χ0n) is 46.8. The number of rotatable bonds is 10. The number of aliphatic carboxylic acids is 1. The highest BCUT2D eigenvalue weighted by molar-refractivity contribution is 6.53. The number of amidine groups is 1. The van der Waals surface area contributed by atoms with E-state index in [1.807, 2.05) is 33.8 Å². The highest BCUT2D eigenvalue weighted by Gasteiger charge is 2.63. The molecule has 1 aromatic carbocycles. The Morgan fingerprint density at radius 3 is 2.35 bits per heavy atom. The number of allylic oxidation sites excluding steroid dienone is 3. The molecule has 0 aromatic heterocycles. The first-order chi connectivity index (χ1) is 37.8. The average Bonchev–Trinajstić information content (AvgIpc) is 4.10. The van der Waals surface area contributed by atoms with Crippen molar-refractivity contribution in [3.63, 3.8) is 0 Å². The van der Waals surface area contributed by atoms with Crippen molar-refractivity contribution in [2.24, 2.45) is 56.1 Å². The molecule has 6 heterocycles. The summed E-state index contributed by atoms with van der Waals surface area (Å²) in [4.78, 5) is 64.4. The number of ketones is 1. The molecule has 80 heavy (non-hydrogen) atoms. The predicted molar refractivity (Wildman–Crippen MR) is 292 cm³/mol. The number of nitrogens with zero attached hydrogens (tertiary/aromatic N) is 2. The summed E-state index contributed by atoms with van der Waals surface area (Å²) in [5, 5.41) is 50.7. The van der Waals surface area contributed by atoms with Gasteiger partial charge in [0.15, 0.2) is 36.2 Å². The molecule has 3 bridgehead atoms. The van der Waals surface area contributed by atoms with Crippen molar-refractivity contribution in [1.29, 1.82) is 0 Å². The number of carbonyl (C=O) groups excluding carboxylic acids is 3. The van der Waals surface area contributed by atoms with Crippen molar-refractivity contribution in [2.45, 2.75) is 211 Å². The number of hydrogen-bond donors (Lipinski definition) is 6. The number of carboxylic acids is 1. The number of esters is 1. The van der Waals surface area contributed by atoms with Crippen LogP contribution in [-0.4, -0.2) is 140 Å². The van der Waals surface area contributed by atoms with Crippen LogP contribution in [0.15, 0.2) is 69.4 Å². The molecule has 4 aliphatic carbocycles. The highest BCUT2D eigenvalue weighted by atomic mass is 35.5. The van der Waals surface area contributed by atoms with Gasteiger partial charge >= 0.3 is 11.9 Å². The molecule has 1 amide bonds. The van der Waals surface area contributed by atoms with Gasteiger partial charge in [0.05, 0.1) is 54.0 Å².